The first-order valence-electron chi connectivity index (χ1n) is 8.77. The molecule has 6 atom stereocenters. The lowest BCUT2D eigenvalue weighted by atomic mass is 9.85. The van der Waals surface area contributed by atoms with E-state index in [4.69, 9.17) is 5.73 Å². The number of hydrogen-bond acceptors (Lipinski definition) is 5. The summed E-state index contributed by atoms with van der Waals surface area (Å²) in [6.07, 6.45) is 6.03. The standard InChI is InChI=1S/C16H24N4O3S/c1-24(22,23)20-11-2-3-12(20)6-10(5-11)15(18)16(21)19-13(8-17)4-9-7-14(9)19/h9-15H,2-7,18H2,1H3/t9-,11+,12+,13+,14+,15+/m1/s1. The average Bonchev–Trinajstić information content (AvgIpc) is 3.10. The molecule has 0 radical (unpaired) electrons. The van der Waals surface area contributed by atoms with E-state index in [1.54, 1.807) is 9.21 Å². The largest absolute Gasteiger partial charge is 0.322 e. The van der Waals surface area contributed by atoms with Gasteiger partial charge in [0.2, 0.25) is 15.9 Å². The van der Waals surface area contributed by atoms with Crippen molar-refractivity contribution in [3.05, 3.63) is 0 Å². The molecule has 0 aromatic rings. The smallest absolute Gasteiger partial charge is 0.241 e. The summed E-state index contributed by atoms with van der Waals surface area (Å²) in [4.78, 5) is 14.6. The number of nitriles is 1. The second-order valence-electron chi connectivity index (χ2n) is 7.92. The van der Waals surface area contributed by atoms with Crippen molar-refractivity contribution in [1.82, 2.24) is 9.21 Å². The molecule has 24 heavy (non-hydrogen) atoms. The summed E-state index contributed by atoms with van der Waals surface area (Å²) < 4.78 is 25.6. The van der Waals surface area contributed by atoms with Gasteiger partial charge in [0.1, 0.15) is 6.04 Å². The van der Waals surface area contributed by atoms with Crippen molar-refractivity contribution in [2.75, 3.05) is 6.26 Å². The molecule has 132 valence electrons. The minimum Gasteiger partial charge on any atom is -0.322 e. The highest BCUT2D eigenvalue weighted by molar-refractivity contribution is 7.88. The van der Waals surface area contributed by atoms with Gasteiger partial charge in [-0.2, -0.15) is 9.57 Å². The first kappa shape index (κ1) is 16.3. The van der Waals surface area contributed by atoms with Crippen molar-refractivity contribution in [3.8, 4) is 6.07 Å². The van der Waals surface area contributed by atoms with Crippen LogP contribution < -0.4 is 5.73 Å². The summed E-state index contributed by atoms with van der Waals surface area (Å²) in [5.74, 6) is 0.378. The van der Waals surface area contributed by atoms with Gasteiger partial charge >= 0.3 is 0 Å². The van der Waals surface area contributed by atoms with E-state index in [1.165, 1.54) is 6.26 Å². The summed E-state index contributed by atoms with van der Waals surface area (Å²) in [6.45, 7) is 0. The molecule has 4 aliphatic rings. The second kappa shape index (κ2) is 5.41. The molecule has 4 fully saturated rings. The molecular weight excluding hydrogens is 328 g/mol. The van der Waals surface area contributed by atoms with E-state index in [-0.39, 0.29) is 36.0 Å². The van der Waals surface area contributed by atoms with Crippen LogP contribution in [0.3, 0.4) is 0 Å². The van der Waals surface area contributed by atoms with E-state index >= 15 is 0 Å². The van der Waals surface area contributed by atoms with Crippen LogP contribution in [0.1, 0.15) is 38.5 Å². The zero-order valence-corrected chi connectivity index (χ0v) is 14.7. The first-order chi connectivity index (χ1) is 11.3. The summed E-state index contributed by atoms with van der Waals surface area (Å²) in [6, 6.07) is 1.44. The van der Waals surface area contributed by atoms with Crippen LogP contribution in [0.25, 0.3) is 0 Å². The quantitative estimate of drug-likeness (QED) is 0.771. The molecule has 3 aliphatic heterocycles. The molecule has 1 amide bonds. The molecule has 2 N–H and O–H groups in total. The van der Waals surface area contributed by atoms with Crippen LogP contribution in [0.15, 0.2) is 0 Å². The molecule has 1 aliphatic carbocycles. The topological polar surface area (TPSA) is 108 Å². The Morgan fingerprint density at radius 2 is 1.83 bits per heavy atom. The van der Waals surface area contributed by atoms with Gasteiger partial charge in [-0.05, 0) is 50.4 Å². The van der Waals surface area contributed by atoms with E-state index in [0.29, 0.717) is 18.8 Å². The van der Waals surface area contributed by atoms with Gasteiger partial charge in [0.15, 0.2) is 0 Å². The van der Waals surface area contributed by atoms with Crippen molar-refractivity contribution in [2.24, 2.45) is 17.6 Å². The monoisotopic (exact) mass is 352 g/mol. The molecule has 2 bridgehead atoms. The molecule has 3 heterocycles. The Morgan fingerprint density at radius 1 is 1.21 bits per heavy atom. The number of fused-ring (bicyclic) bond motifs is 3. The zero-order valence-electron chi connectivity index (χ0n) is 13.8. The molecule has 8 heteroatoms. The van der Waals surface area contributed by atoms with Gasteiger partial charge in [0.25, 0.3) is 0 Å². The third-order valence-corrected chi connectivity index (χ3v) is 7.75. The van der Waals surface area contributed by atoms with E-state index < -0.39 is 16.1 Å². The number of piperidine rings is 2. The number of likely N-dealkylation sites (tertiary alicyclic amines) is 1. The first-order valence-corrected chi connectivity index (χ1v) is 10.6. The Balaban J connectivity index is 1.48. The van der Waals surface area contributed by atoms with Gasteiger partial charge in [0.05, 0.1) is 18.4 Å². The average molecular weight is 352 g/mol. The van der Waals surface area contributed by atoms with Gasteiger partial charge in [-0.25, -0.2) is 8.42 Å². The Hall–Kier alpha value is -1.17. The lowest BCUT2D eigenvalue weighted by Gasteiger charge is -2.40. The maximum absolute atomic E-state index is 12.9. The summed E-state index contributed by atoms with van der Waals surface area (Å²) in [5.41, 5.74) is 6.31. The van der Waals surface area contributed by atoms with E-state index in [0.717, 1.165) is 25.7 Å². The van der Waals surface area contributed by atoms with Gasteiger partial charge in [-0.1, -0.05) is 0 Å². The van der Waals surface area contributed by atoms with Crippen LogP contribution in [0.5, 0.6) is 0 Å². The fraction of sp³-hybridized carbons (Fsp3) is 0.875. The molecule has 0 unspecified atom stereocenters. The summed E-state index contributed by atoms with van der Waals surface area (Å²) in [7, 11) is -3.21. The maximum atomic E-state index is 12.9. The third-order valence-electron chi connectivity index (χ3n) is 6.39. The SMILES string of the molecule is CS(=O)(=O)N1[C@H]2CC[C@H]1CC([C@H](N)C(=O)N1[C@H](C#N)C[C@@H]3C[C@@H]31)C2. The molecule has 0 aromatic carbocycles. The number of hydrogen-bond donors (Lipinski definition) is 1. The molecule has 7 nitrogen and oxygen atoms in total. The summed E-state index contributed by atoms with van der Waals surface area (Å²) >= 11 is 0. The van der Waals surface area contributed by atoms with Gasteiger partial charge in [0, 0.05) is 18.1 Å². The Morgan fingerprint density at radius 3 is 2.38 bits per heavy atom. The van der Waals surface area contributed by atoms with Crippen LogP contribution in [0.4, 0.5) is 0 Å². The molecule has 0 aromatic heterocycles. The van der Waals surface area contributed by atoms with Crippen molar-refractivity contribution in [3.63, 3.8) is 0 Å². The van der Waals surface area contributed by atoms with Crippen molar-refractivity contribution >= 4 is 15.9 Å². The van der Waals surface area contributed by atoms with Crippen molar-refractivity contribution in [2.45, 2.75) is 68.7 Å². The molecule has 3 saturated heterocycles. The lowest BCUT2D eigenvalue weighted by molar-refractivity contribution is -0.135. The van der Waals surface area contributed by atoms with Crippen molar-refractivity contribution in [1.29, 1.82) is 5.26 Å². The number of carbonyl (C=O) groups is 1. The van der Waals surface area contributed by atoms with Gasteiger partial charge in [-0.15, -0.1) is 0 Å². The Labute approximate surface area is 142 Å². The number of carbonyl (C=O) groups excluding carboxylic acids is 1. The van der Waals surface area contributed by atoms with E-state index in [9.17, 15) is 18.5 Å². The number of nitrogens with zero attached hydrogens (tertiary/aromatic N) is 3. The number of amides is 1. The fourth-order valence-corrected chi connectivity index (χ4v) is 6.74. The van der Waals surface area contributed by atoms with E-state index in [2.05, 4.69) is 6.07 Å². The van der Waals surface area contributed by atoms with Crippen molar-refractivity contribution < 1.29 is 13.2 Å². The molecule has 1 saturated carbocycles. The van der Waals surface area contributed by atoms with Crippen LogP contribution in [0, 0.1) is 23.2 Å². The highest BCUT2D eigenvalue weighted by atomic mass is 32.2. The minimum absolute atomic E-state index is 0.00476. The minimum atomic E-state index is -3.21. The van der Waals surface area contributed by atoms with E-state index in [1.807, 2.05) is 0 Å². The predicted octanol–water partition coefficient (Wildman–Crippen LogP) is 0.0293. The zero-order chi connectivity index (χ0) is 17.2. The van der Waals surface area contributed by atoms with Gasteiger partial charge in [-0.3, -0.25) is 4.79 Å². The van der Waals surface area contributed by atoms with Crippen LogP contribution in [-0.4, -0.2) is 60.0 Å². The lowest BCUT2D eigenvalue weighted by Crippen LogP contribution is -2.55. The van der Waals surface area contributed by atoms with Crippen LogP contribution in [-0.2, 0) is 14.8 Å². The molecule has 4 rings (SSSR count). The maximum Gasteiger partial charge on any atom is 0.241 e. The van der Waals surface area contributed by atoms with Crippen LogP contribution >= 0.6 is 0 Å². The fourth-order valence-electron chi connectivity index (χ4n) is 5.27. The molecular formula is C16H24N4O3S. The highest BCUT2D eigenvalue weighted by Gasteiger charge is 2.56. The number of sulfonamides is 1. The highest BCUT2D eigenvalue weighted by Crippen LogP contribution is 2.48. The summed E-state index contributed by atoms with van der Waals surface area (Å²) in [5, 5.41) is 9.28. The Bertz CT molecular complexity index is 689. The van der Waals surface area contributed by atoms with Gasteiger partial charge < -0.3 is 10.6 Å². The number of rotatable bonds is 3. The number of nitrogens with two attached hydrogens (primary N) is 1. The second-order valence-corrected chi connectivity index (χ2v) is 9.81. The third kappa shape index (κ3) is 2.45. The predicted molar refractivity (Wildman–Crippen MR) is 87.0 cm³/mol. The normalized spacial score (nSPS) is 42.5. The molecule has 0 spiro atoms. The van der Waals surface area contributed by atoms with Crippen LogP contribution in [0.2, 0.25) is 0 Å². The Kier molecular flexibility index (Phi) is 3.68.